The third-order valence-electron chi connectivity index (χ3n) is 5.56. The van der Waals surface area contributed by atoms with E-state index in [2.05, 4.69) is 30.7 Å². The minimum atomic E-state index is 0.235. The van der Waals surface area contributed by atoms with Crippen molar-refractivity contribution in [1.82, 2.24) is 9.97 Å². The van der Waals surface area contributed by atoms with E-state index < -0.39 is 0 Å². The molecule has 1 aromatic heterocycles. The fourth-order valence-electron chi connectivity index (χ4n) is 3.84. The molecule has 98 valence electrons. The van der Waals surface area contributed by atoms with Gasteiger partial charge in [-0.15, -0.1) is 0 Å². The molecule has 18 heavy (non-hydrogen) atoms. The Hall–Kier alpha value is -0.830. The summed E-state index contributed by atoms with van der Waals surface area (Å²) in [5, 5.41) is 0.389. The van der Waals surface area contributed by atoms with Crippen LogP contribution in [0.2, 0.25) is 5.15 Å². The first-order valence-electron chi connectivity index (χ1n) is 6.58. The first-order chi connectivity index (χ1) is 8.43. The zero-order chi connectivity index (χ0) is 13.0. The number of hydrogen-bond donors (Lipinski definition) is 0. The quantitative estimate of drug-likeness (QED) is 0.818. The van der Waals surface area contributed by atoms with E-state index in [-0.39, 0.29) is 11.5 Å². The standard InChI is InChI=1S/C14H19ClN2O/c1-13(2)9-4-5-14(13,3)10(6-9)18-12-8-16-7-11(15)17-12/h7-10H,4-6H2,1-3H3. The van der Waals surface area contributed by atoms with Gasteiger partial charge in [0.05, 0.1) is 12.4 Å². The van der Waals surface area contributed by atoms with Gasteiger partial charge in [-0.1, -0.05) is 32.4 Å². The van der Waals surface area contributed by atoms with Gasteiger partial charge in [-0.3, -0.25) is 4.98 Å². The second-order valence-corrected chi connectivity index (χ2v) is 6.78. The fourth-order valence-corrected chi connectivity index (χ4v) is 3.98. The molecule has 2 aliphatic carbocycles. The Morgan fingerprint density at radius 2 is 2.11 bits per heavy atom. The van der Waals surface area contributed by atoms with Gasteiger partial charge in [0, 0.05) is 5.41 Å². The topological polar surface area (TPSA) is 35.0 Å². The average molecular weight is 267 g/mol. The van der Waals surface area contributed by atoms with E-state index in [0.717, 1.165) is 12.3 Å². The lowest BCUT2D eigenvalue weighted by Gasteiger charge is -2.38. The lowest BCUT2D eigenvalue weighted by molar-refractivity contribution is 0.0271. The van der Waals surface area contributed by atoms with Gasteiger partial charge in [-0.2, -0.15) is 4.98 Å². The zero-order valence-electron chi connectivity index (χ0n) is 11.1. The van der Waals surface area contributed by atoms with Gasteiger partial charge in [0.15, 0.2) is 5.15 Å². The molecule has 1 aromatic rings. The highest BCUT2D eigenvalue weighted by Crippen LogP contribution is 2.66. The van der Waals surface area contributed by atoms with Crippen LogP contribution >= 0.6 is 11.6 Å². The summed E-state index contributed by atoms with van der Waals surface area (Å²) in [7, 11) is 0. The molecule has 2 saturated carbocycles. The van der Waals surface area contributed by atoms with Crippen molar-refractivity contribution in [1.29, 1.82) is 0 Å². The van der Waals surface area contributed by atoms with Crippen molar-refractivity contribution in [2.24, 2.45) is 16.7 Å². The highest BCUT2D eigenvalue weighted by molar-refractivity contribution is 6.29. The number of ether oxygens (including phenoxy) is 1. The van der Waals surface area contributed by atoms with E-state index in [1.54, 1.807) is 6.20 Å². The molecule has 1 heterocycles. The van der Waals surface area contributed by atoms with Crippen LogP contribution in [0.4, 0.5) is 0 Å². The molecule has 3 nitrogen and oxygen atoms in total. The van der Waals surface area contributed by atoms with Crippen molar-refractivity contribution in [3.8, 4) is 5.88 Å². The summed E-state index contributed by atoms with van der Waals surface area (Å²) < 4.78 is 6.07. The third-order valence-corrected chi connectivity index (χ3v) is 5.74. The van der Waals surface area contributed by atoms with Gasteiger partial charge in [0.25, 0.3) is 0 Å². The monoisotopic (exact) mass is 266 g/mol. The summed E-state index contributed by atoms with van der Waals surface area (Å²) in [5.74, 6) is 1.32. The predicted octanol–water partition coefficient (Wildman–Crippen LogP) is 3.72. The maximum absolute atomic E-state index is 6.07. The molecule has 0 aliphatic heterocycles. The Morgan fingerprint density at radius 1 is 1.33 bits per heavy atom. The summed E-state index contributed by atoms with van der Waals surface area (Å²) in [6.07, 6.45) is 7.10. The molecule has 4 heteroatoms. The summed E-state index contributed by atoms with van der Waals surface area (Å²) in [6.45, 7) is 7.10. The molecule has 0 spiro atoms. The first-order valence-corrected chi connectivity index (χ1v) is 6.95. The summed E-state index contributed by atoms with van der Waals surface area (Å²) >= 11 is 5.85. The van der Waals surface area contributed by atoms with E-state index >= 15 is 0 Å². The van der Waals surface area contributed by atoms with Crippen LogP contribution in [0.25, 0.3) is 0 Å². The van der Waals surface area contributed by atoms with Crippen molar-refractivity contribution in [3.05, 3.63) is 17.5 Å². The van der Waals surface area contributed by atoms with E-state index in [4.69, 9.17) is 16.3 Å². The molecule has 3 rings (SSSR count). The van der Waals surface area contributed by atoms with Crippen LogP contribution in [-0.4, -0.2) is 16.1 Å². The fraction of sp³-hybridized carbons (Fsp3) is 0.714. The lowest BCUT2D eigenvalue weighted by Crippen LogP contribution is -2.39. The lowest BCUT2D eigenvalue weighted by atomic mass is 9.70. The third kappa shape index (κ3) is 1.56. The van der Waals surface area contributed by atoms with E-state index in [0.29, 0.717) is 16.4 Å². The van der Waals surface area contributed by atoms with E-state index in [1.165, 1.54) is 19.0 Å². The Morgan fingerprint density at radius 3 is 2.67 bits per heavy atom. The average Bonchev–Trinajstić information content (AvgIpc) is 2.62. The van der Waals surface area contributed by atoms with Crippen molar-refractivity contribution in [2.75, 3.05) is 0 Å². The zero-order valence-corrected chi connectivity index (χ0v) is 11.9. The SMILES string of the molecule is CC1(C)C2CCC1(C)C(Oc1cncc(Cl)n1)C2. The number of rotatable bonds is 2. The second kappa shape index (κ2) is 3.83. The van der Waals surface area contributed by atoms with Gasteiger partial charge < -0.3 is 4.74 Å². The molecule has 2 bridgehead atoms. The Kier molecular flexibility index (Phi) is 2.60. The largest absolute Gasteiger partial charge is 0.473 e. The molecule has 0 aromatic carbocycles. The van der Waals surface area contributed by atoms with Gasteiger partial charge in [0.2, 0.25) is 5.88 Å². The molecule has 0 N–H and O–H groups in total. The Bertz CT molecular complexity index is 477. The predicted molar refractivity (Wildman–Crippen MR) is 70.7 cm³/mol. The molecule has 0 saturated heterocycles. The van der Waals surface area contributed by atoms with Crippen LogP contribution in [-0.2, 0) is 0 Å². The van der Waals surface area contributed by atoms with Gasteiger partial charge >= 0.3 is 0 Å². The van der Waals surface area contributed by atoms with Crippen molar-refractivity contribution in [3.63, 3.8) is 0 Å². The van der Waals surface area contributed by atoms with Gasteiger partial charge in [-0.25, -0.2) is 0 Å². The van der Waals surface area contributed by atoms with Gasteiger partial charge in [-0.05, 0) is 30.6 Å². The molecule has 3 unspecified atom stereocenters. The molecule has 2 aliphatic rings. The number of halogens is 1. The molecular weight excluding hydrogens is 248 g/mol. The maximum Gasteiger partial charge on any atom is 0.234 e. The van der Waals surface area contributed by atoms with Crippen molar-refractivity contribution < 1.29 is 4.74 Å². The molecular formula is C14H19ClN2O. The summed E-state index contributed by atoms with van der Waals surface area (Å²) in [5.41, 5.74) is 0.589. The van der Waals surface area contributed by atoms with Crippen LogP contribution in [0.3, 0.4) is 0 Å². The normalized spacial score (nSPS) is 36.9. The van der Waals surface area contributed by atoms with E-state index in [9.17, 15) is 0 Å². The van der Waals surface area contributed by atoms with Crippen LogP contribution in [0, 0.1) is 16.7 Å². The maximum atomic E-state index is 6.07. The highest BCUT2D eigenvalue weighted by Gasteiger charge is 2.62. The second-order valence-electron chi connectivity index (χ2n) is 6.40. The number of hydrogen-bond acceptors (Lipinski definition) is 3. The summed E-state index contributed by atoms with van der Waals surface area (Å²) in [4.78, 5) is 8.21. The molecule has 0 amide bonds. The minimum absolute atomic E-state index is 0.235. The molecule has 0 radical (unpaired) electrons. The number of fused-ring (bicyclic) bond motifs is 2. The summed E-state index contributed by atoms with van der Waals surface area (Å²) in [6, 6.07) is 0. The molecule has 2 fully saturated rings. The van der Waals surface area contributed by atoms with E-state index in [1.807, 2.05) is 0 Å². The highest BCUT2D eigenvalue weighted by atomic mass is 35.5. The van der Waals surface area contributed by atoms with Gasteiger partial charge in [0.1, 0.15) is 6.10 Å². The number of nitrogens with zero attached hydrogens (tertiary/aromatic N) is 2. The molecule has 3 atom stereocenters. The minimum Gasteiger partial charge on any atom is -0.473 e. The van der Waals surface area contributed by atoms with Crippen LogP contribution < -0.4 is 4.74 Å². The first kappa shape index (κ1) is 12.2. The number of aromatic nitrogens is 2. The van der Waals surface area contributed by atoms with Crippen LogP contribution in [0.1, 0.15) is 40.0 Å². The van der Waals surface area contributed by atoms with Crippen LogP contribution in [0.15, 0.2) is 12.4 Å². The van der Waals surface area contributed by atoms with Crippen molar-refractivity contribution in [2.45, 2.75) is 46.1 Å². The smallest absolute Gasteiger partial charge is 0.234 e. The van der Waals surface area contributed by atoms with Crippen molar-refractivity contribution >= 4 is 11.6 Å². The van der Waals surface area contributed by atoms with Crippen LogP contribution in [0.5, 0.6) is 5.88 Å². The Balaban J connectivity index is 1.84. The Labute approximate surface area is 113 Å².